The number of amides is 1. The second-order valence-corrected chi connectivity index (χ2v) is 7.51. The number of benzene rings is 2. The third-order valence-electron chi connectivity index (χ3n) is 5.09. The molecule has 6 nitrogen and oxygen atoms in total. The predicted molar refractivity (Wildman–Crippen MR) is 124 cm³/mol. The lowest BCUT2D eigenvalue weighted by molar-refractivity contribution is -0.122. The molecule has 4 aromatic rings. The highest BCUT2D eigenvalue weighted by atomic mass is 16.2. The number of carbonyl (C=O) groups excluding carboxylic acids is 1. The van der Waals surface area contributed by atoms with Crippen LogP contribution in [0.25, 0.3) is 22.4 Å². The summed E-state index contributed by atoms with van der Waals surface area (Å²) in [6.45, 7) is 0.574. The maximum Gasteiger partial charge on any atom is 0.242 e. The first-order valence-corrected chi connectivity index (χ1v) is 10.2. The van der Waals surface area contributed by atoms with E-state index in [9.17, 15) is 4.79 Å². The quantitative estimate of drug-likeness (QED) is 0.499. The fraction of sp³-hybridized carbons (Fsp3) is 0.160. The van der Waals surface area contributed by atoms with Crippen LogP contribution in [0.1, 0.15) is 5.56 Å². The number of nitrogens with one attached hydrogen (secondary N) is 1. The van der Waals surface area contributed by atoms with Crippen molar-refractivity contribution < 1.29 is 4.79 Å². The van der Waals surface area contributed by atoms with E-state index in [-0.39, 0.29) is 12.5 Å². The van der Waals surface area contributed by atoms with Crippen LogP contribution >= 0.6 is 0 Å². The summed E-state index contributed by atoms with van der Waals surface area (Å²) < 4.78 is 1.77. The molecule has 0 saturated heterocycles. The number of pyridine rings is 1. The summed E-state index contributed by atoms with van der Waals surface area (Å²) in [7, 11) is 4.03. The lowest BCUT2D eigenvalue weighted by Gasteiger charge is -2.14. The molecule has 0 saturated carbocycles. The molecule has 0 aliphatic carbocycles. The van der Waals surface area contributed by atoms with Crippen molar-refractivity contribution in [3.63, 3.8) is 0 Å². The SMILES string of the molecule is CN(C)c1ccc(-c2c(-c3ccccc3)cnn2CC(=O)NCc2cccnc2)cc1. The molecule has 31 heavy (non-hydrogen) atoms. The van der Waals surface area contributed by atoms with Crippen molar-refractivity contribution in [1.82, 2.24) is 20.1 Å². The second kappa shape index (κ2) is 9.26. The van der Waals surface area contributed by atoms with Gasteiger partial charge >= 0.3 is 0 Å². The first kappa shape index (κ1) is 20.3. The van der Waals surface area contributed by atoms with Crippen LogP contribution in [0.5, 0.6) is 0 Å². The smallest absolute Gasteiger partial charge is 0.242 e. The van der Waals surface area contributed by atoms with Crippen LogP contribution in [-0.4, -0.2) is 34.8 Å². The minimum absolute atomic E-state index is 0.0993. The van der Waals surface area contributed by atoms with E-state index in [2.05, 4.69) is 56.7 Å². The summed E-state index contributed by atoms with van der Waals surface area (Å²) in [5.41, 5.74) is 6.08. The Morgan fingerprint density at radius 1 is 0.935 bits per heavy atom. The molecule has 2 aromatic carbocycles. The first-order chi connectivity index (χ1) is 15.1. The minimum atomic E-state index is -0.0993. The molecule has 0 fully saturated rings. The van der Waals surface area contributed by atoms with E-state index in [1.807, 2.05) is 50.6 Å². The van der Waals surface area contributed by atoms with Gasteiger partial charge in [0.25, 0.3) is 0 Å². The normalized spacial score (nSPS) is 10.6. The number of carbonyl (C=O) groups is 1. The van der Waals surface area contributed by atoms with E-state index in [1.54, 1.807) is 17.1 Å². The molecule has 0 atom stereocenters. The Balaban J connectivity index is 1.63. The topological polar surface area (TPSA) is 63.1 Å². The predicted octanol–water partition coefficient (Wildman–Crippen LogP) is 3.99. The molecule has 6 heteroatoms. The molecule has 0 bridgehead atoms. The Kier molecular flexibility index (Phi) is 6.08. The van der Waals surface area contributed by atoms with Gasteiger partial charge in [0.2, 0.25) is 5.91 Å². The molecule has 0 radical (unpaired) electrons. The largest absolute Gasteiger partial charge is 0.378 e. The lowest BCUT2D eigenvalue weighted by Crippen LogP contribution is -2.27. The molecule has 1 N–H and O–H groups in total. The minimum Gasteiger partial charge on any atom is -0.378 e. The van der Waals surface area contributed by atoms with E-state index in [0.29, 0.717) is 6.54 Å². The maximum absolute atomic E-state index is 12.7. The van der Waals surface area contributed by atoms with Crippen molar-refractivity contribution in [3.8, 4) is 22.4 Å². The van der Waals surface area contributed by atoms with E-state index in [1.165, 1.54) is 0 Å². The zero-order chi connectivity index (χ0) is 21.6. The fourth-order valence-corrected chi connectivity index (χ4v) is 3.45. The zero-order valence-electron chi connectivity index (χ0n) is 17.7. The summed E-state index contributed by atoms with van der Waals surface area (Å²) in [5, 5.41) is 7.51. The van der Waals surface area contributed by atoms with Crippen molar-refractivity contribution in [1.29, 1.82) is 0 Å². The van der Waals surface area contributed by atoms with Gasteiger partial charge in [-0.05, 0) is 29.3 Å². The Morgan fingerprint density at radius 2 is 1.71 bits per heavy atom. The van der Waals surface area contributed by atoms with Crippen molar-refractivity contribution in [2.75, 3.05) is 19.0 Å². The van der Waals surface area contributed by atoms with E-state index in [4.69, 9.17) is 0 Å². The Labute approximate surface area is 182 Å². The Morgan fingerprint density at radius 3 is 2.39 bits per heavy atom. The highest BCUT2D eigenvalue weighted by Crippen LogP contribution is 2.33. The van der Waals surface area contributed by atoms with E-state index in [0.717, 1.165) is 33.6 Å². The molecule has 4 rings (SSSR count). The highest BCUT2D eigenvalue weighted by molar-refractivity contribution is 5.83. The molecule has 156 valence electrons. The Bertz CT molecular complexity index is 1140. The van der Waals surface area contributed by atoms with Gasteiger partial charge < -0.3 is 10.2 Å². The van der Waals surface area contributed by atoms with Crippen molar-refractivity contribution >= 4 is 11.6 Å². The van der Waals surface area contributed by atoms with Crippen LogP contribution in [-0.2, 0) is 17.9 Å². The Hall–Kier alpha value is -3.93. The molecular weight excluding hydrogens is 386 g/mol. The van der Waals surface area contributed by atoms with Crippen LogP contribution < -0.4 is 10.2 Å². The number of hydrogen-bond acceptors (Lipinski definition) is 4. The molecule has 1 amide bonds. The van der Waals surface area contributed by atoms with Gasteiger partial charge in [-0.3, -0.25) is 14.5 Å². The number of nitrogens with zero attached hydrogens (tertiary/aromatic N) is 4. The summed E-state index contributed by atoms with van der Waals surface area (Å²) in [6, 6.07) is 22.2. The third-order valence-corrected chi connectivity index (χ3v) is 5.09. The molecule has 2 heterocycles. The monoisotopic (exact) mass is 411 g/mol. The summed E-state index contributed by atoms with van der Waals surface area (Å²) in [4.78, 5) is 18.8. The molecule has 2 aromatic heterocycles. The number of aromatic nitrogens is 3. The van der Waals surface area contributed by atoms with Gasteiger partial charge in [-0.25, -0.2) is 0 Å². The number of hydrogen-bond donors (Lipinski definition) is 1. The van der Waals surface area contributed by atoms with Gasteiger partial charge in [0.1, 0.15) is 6.54 Å². The third kappa shape index (κ3) is 4.80. The number of anilines is 1. The summed E-state index contributed by atoms with van der Waals surface area (Å²) in [6.07, 6.45) is 5.30. The van der Waals surface area contributed by atoms with Gasteiger partial charge in [-0.2, -0.15) is 5.10 Å². The van der Waals surface area contributed by atoms with Crippen molar-refractivity contribution in [3.05, 3.63) is 90.9 Å². The molecular formula is C25H25N5O. The average Bonchev–Trinajstić information content (AvgIpc) is 3.22. The van der Waals surface area contributed by atoms with Crippen LogP contribution in [0.3, 0.4) is 0 Å². The van der Waals surface area contributed by atoms with E-state index >= 15 is 0 Å². The summed E-state index contributed by atoms with van der Waals surface area (Å²) >= 11 is 0. The lowest BCUT2D eigenvalue weighted by atomic mass is 10.0. The van der Waals surface area contributed by atoms with Gasteiger partial charge in [0.15, 0.2) is 0 Å². The molecule has 0 aliphatic rings. The van der Waals surface area contributed by atoms with Crippen molar-refractivity contribution in [2.45, 2.75) is 13.1 Å². The maximum atomic E-state index is 12.7. The zero-order valence-corrected chi connectivity index (χ0v) is 17.7. The van der Waals surface area contributed by atoms with Gasteiger partial charge in [-0.1, -0.05) is 48.5 Å². The van der Waals surface area contributed by atoms with Crippen molar-refractivity contribution in [2.24, 2.45) is 0 Å². The first-order valence-electron chi connectivity index (χ1n) is 10.2. The average molecular weight is 412 g/mol. The fourth-order valence-electron chi connectivity index (χ4n) is 3.45. The van der Waals surface area contributed by atoms with Crippen LogP contribution in [0.2, 0.25) is 0 Å². The molecule has 0 aliphatic heterocycles. The summed E-state index contributed by atoms with van der Waals surface area (Å²) in [5.74, 6) is -0.0993. The molecule has 0 spiro atoms. The van der Waals surface area contributed by atoms with Gasteiger partial charge in [-0.15, -0.1) is 0 Å². The molecule has 0 unspecified atom stereocenters. The van der Waals surface area contributed by atoms with Crippen LogP contribution in [0.4, 0.5) is 5.69 Å². The second-order valence-electron chi connectivity index (χ2n) is 7.51. The highest BCUT2D eigenvalue weighted by Gasteiger charge is 2.17. The van der Waals surface area contributed by atoms with Crippen LogP contribution in [0.15, 0.2) is 85.3 Å². The standard InChI is InChI=1S/C25H25N5O/c1-29(2)22-12-10-21(11-13-22)25-23(20-8-4-3-5-9-20)17-28-30(25)18-24(31)27-16-19-7-6-14-26-15-19/h3-15,17H,16,18H2,1-2H3,(H,27,31). The number of rotatable bonds is 7. The van der Waals surface area contributed by atoms with Gasteiger partial charge in [0.05, 0.1) is 11.9 Å². The van der Waals surface area contributed by atoms with Gasteiger partial charge in [0, 0.05) is 49.8 Å². The van der Waals surface area contributed by atoms with E-state index < -0.39 is 0 Å². The van der Waals surface area contributed by atoms with Crippen LogP contribution in [0, 0.1) is 0 Å².